The van der Waals surface area contributed by atoms with Crippen molar-refractivity contribution in [3.05, 3.63) is 29.8 Å². The van der Waals surface area contributed by atoms with Crippen LogP contribution in [0.4, 0.5) is 4.39 Å². The van der Waals surface area contributed by atoms with E-state index >= 15 is 0 Å². The fraction of sp³-hybridized carbons (Fsp3) is 0.222. The van der Waals surface area contributed by atoms with Crippen LogP contribution in [0.3, 0.4) is 0 Å². The van der Waals surface area contributed by atoms with Crippen molar-refractivity contribution < 1.29 is 4.39 Å². The van der Waals surface area contributed by atoms with Crippen LogP contribution in [0.1, 0.15) is 5.56 Å². The summed E-state index contributed by atoms with van der Waals surface area (Å²) in [5.74, 6) is 0.225. The number of nitrogens with zero attached hydrogens (tertiary/aromatic N) is 1. The first-order chi connectivity index (χ1) is 5.76. The Morgan fingerprint density at radius 2 is 2.25 bits per heavy atom. The molecule has 0 spiro atoms. The first-order valence-corrected chi connectivity index (χ1v) is 4.57. The zero-order valence-electron chi connectivity index (χ0n) is 6.25. The zero-order chi connectivity index (χ0) is 8.60. The van der Waals surface area contributed by atoms with Crippen LogP contribution in [0.5, 0.6) is 0 Å². The minimum absolute atomic E-state index is 0.225. The van der Waals surface area contributed by atoms with E-state index in [1.807, 2.05) is 12.1 Å². The van der Waals surface area contributed by atoms with Gasteiger partial charge in [0.05, 0.1) is 5.75 Å². The third kappa shape index (κ3) is 0.919. The number of benzene rings is 1. The highest BCUT2D eigenvalue weighted by atomic mass is 32.2. The number of nitriles is 1. The van der Waals surface area contributed by atoms with Gasteiger partial charge >= 0.3 is 0 Å². The second kappa shape index (κ2) is 2.49. The van der Waals surface area contributed by atoms with E-state index in [9.17, 15) is 4.39 Å². The Morgan fingerprint density at radius 3 is 3.00 bits per heavy atom. The lowest BCUT2D eigenvalue weighted by atomic mass is 10.0. The largest absolute Gasteiger partial charge is 0.231 e. The van der Waals surface area contributed by atoms with Gasteiger partial charge in [0.15, 0.2) is 0 Å². The Kier molecular flexibility index (Phi) is 1.59. The van der Waals surface area contributed by atoms with Gasteiger partial charge in [-0.2, -0.15) is 5.26 Å². The van der Waals surface area contributed by atoms with Crippen molar-refractivity contribution in [2.75, 3.05) is 5.75 Å². The summed E-state index contributed by atoms with van der Waals surface area (Å²) in [7, 11) is 0. The summed E-state index contributed by atoms with van der Waals surface area (Å²) in [6.45, 7) is 0. The number of fused-ring (bicyclic) bond motifs is 1. The summed E-state index contributed by atoms with van der Waals surface area (Å²) in [6.07, 6.45) is 0. The lowest BCUT2D eigenvalue weighted by molar-refractivity contribution is 0.282. The molecule has 0 amide bonds. The Hall–Kier alpha value is -1.01. The quantitative estimate of drug-likeness (QED) is 0.611. The molecular formula is C9H6FNS. The number of thioether (sulfide) groups is 1. The van der Waals surface area contributed by atoms with Crippen LogP contribution in [0.25, 0.3) is 0 Å². The van der Waals surface area contributed by atoms with Gasteiger partial charge < -0.3 is 0 Å². The Balaban J connectivity index is 2.58. The molecule has 1 heterocycles. The lowest BCUT2D eigenvalue weighted by Gasteiger charge is -2.08. The molecule has 12 heavy (non-hydrogen) atoms. The van der Waals surface area contributed by atoms with E-state index in [1.54, 1.807) is 18.2 Å². The first kappa shape index (κ1) is 7.63. The monoisotopic (exact) mass is 179 g/mol. The van der Waals surface area contributed by atoms with Crippen molar-refractivity contribution in [3.8, 4) is 6.07 Å². The van der Waals surface area contributed by atoms with E-state index in [2.05, 4.69) is 0 Å². The topological polar surface area (TPSA) is 23.8 Å². The predicted molar refractivity (Wildman–Crippen MR) is 45.6 cm³/mol. The Bertz CT molecular complexity index is 358. The van der Waals surface area contributed by atoms with E-state index in [-0.39, 0.29) is 5.75 Å². The van der Waals surface area contributed by atoms with Gasteiger partial charge in [-0.15, -0.1) is 11.8 Å². The van der Waals surface area contributed by atoms with Crippen LogP contribution in [-0.2, 0) is 5.67 Å². The number of alkyl halides is 1. The zero-order valence-corrected chi connectivity index (χ0v) is 7.07. The summed E-state index contributed by atoms with van der Waals surface area (Å²) < 4.78 is 13.7. The highest BCUT2D eigenvalue weighted by Gasteiger charge is 2.39. The van der Waals surface area contributed by atoms with Crippen LogP contribution in [0, 0.1) is 11.3 Å². The molecule has 1 aromatic rings. The molecule has 0 fully saturated rings. The van der Waals surface area contributed by atoms with Crippen LogP contribution >= 0.6 is 11.8 Å². The highest BCUT2D eigenvalue weighted by molar-refractivity contribution is 7.99. The van der Waals surface area contributed by atoms with E-state index in [1.165, 1.54) is 11.8 Å². The fourth-order valence-electron chi connectivity index (χ4n) is 1.27. The first-order valence-electron chi connectivity index (χ1n) is 3.59. The molecule has 1 atom stereocenters. The van der Waals surface area contributed by atoms with Crippen LogP contribution < -0.4 is 0 Å². The summed E-state index contributed by atoms with van der Waals surface area (Å²) in [6, 6.07) is 8.85. The van der Waals surface area contributed by atoms with Crippen molar-refractivity contribution in [2.24, 2.45) is 0 Å². The van der Waals surface area contributed by atoms with Gasteiger partial charge in [0.2, 0.25) is 5.67 Å². The van der Waals surface area contributed by atoms with Gasteiger partial charge in [-0.3, -0.25) is 0 Å². The molecule has 1 aliphatic rings. The standard InChI is InChI=1S/C9H6FNS/c10-9(5-11)6-12-8-4-2-1-3-7(8)9/h1-4H,6H2. The molecule has 3 heteroatoms. The molecule has 1 nitrogen and oxygen atoms in total. The van der Waals surface area contributed by atoms with E-state index < -0.39 is 5.67 Å². The van der Waals surface area contributed by atoms with Crippen LogP contribution in [0.15, 0.2) is 29.2 Å². The van der Waals surface area contributed by atoms with Gasteiger partial charge in [0.25, 0.3) is 0 Å². The minimum atomic E-state index is -1.76. The van der Waals surface area contributed by atoms with Crippen molar-refractivity contribution >= 4 is 11.8 Å². The molecule has 1 unspecified atom stereocenters. The maximum absolute atomic E-state index is 13.7. The summed E-state index contributed by atoms with van der Waals surface area (Å²) in [5, 5.41) is 8.63. The molecule has 0 aromatic heterocycles. The summed E-state index contributed by atoms with van der Waals surface area (Å²) in [5.41, 5.74) is -1.24. The molecule has 0 bridgehead atoms. The lowest BCUT2D eigenvalue weighted by Crippen LogP contribution is -2.15. The van der Waals surface area contributed by atoms with Crippen molar-refractivity contribution in [3.63, 3.8) is 0 Å². The third-order valence-electron chi connectivity index (χ3n) is 1.92. The van der Waals surface area contributed by atoms with Crippen molar-refractivity contribution in [1.29, 1.82) is 5.26 Å². The number of rotatable bonds is 0. The van der Waals surface area contributed by atoms with Gasteiger partial charge in [-0.05, 0) is 6.07 Å². The SMILES string of the molecule is N#CC1(F)CSc2ccccc21. The maximum atomic E-state index is 13.7. The molecule has 0 N–H and O–H groups in total. The molecular weight excluding hydrogens is 173 g/mol. The third-order valence-corrected chi connectivity index (χ3v) is 3.13. The molecule has 1 aliphatic heterocycles. The van der Waals surface area contributed by atoms with Gasteiger partial charge in [0, 0.05) is 10.5 Å². The molecule has 0 saturated carbocycles. The number of hydrogen-bond acceptors (Lipinski definition) is 2. The fourth-order valence-corrected chi connectivity index (χ4v) is 2.40. The number of hydrogen-bond donors (Lipinski definition) is 0. The van der Waals surface area contributed by atoms with Gasteiger partial charge in [-0.1, -0.05) is 18.2 Å². The van der Waals surface area contributed by atoms with Gasteiger partial charge in [0.1, 0.15) is 6.07 Å². The molecule has 1 aromatic carbocycles. The molecule has 2 rings (SSSR count). The molecule has 0 aliphatic carbocycles. The molecule has 0 saturated heterocycles. The van der Waals surface area contributed by atoms with Crippen LogP contribution in [-0.4, -0.2) is 5.75 Å². The predicted octanol–water partition coefficient (Wildman–Crippen LogP) is 2.48. The van der Waals surface area contributed by atoms with Crippen molar-refractivity contribution in [2.45, 2.75) is 10.6 Å². The van der Waals surface area contributed by atoms with Crippen LogP contribution in [0.2, 0.25) is 0 Å². The molecule has 60 valence electrons. The van der Waals surface area contributed by atoms with E-state index in [4.69, 9.17) is 5.26 Å². The average Bonchev–Trinajstić information content (AvgIpc) is 2.46. The maximum Gasteiger partial charge on any atom is 0.231 e. The smallest absolute Gasteiger partial charge is 0.221 e. The average molecular weight is 179 g/mol. The highest BCUT2D eigenvalue weighted by Crippen LogP contribution is 2.44. The van der Waals surface area contributed by atoms with E-state index in [0.29, 0.717) is 5.56 Å². The number of halogens is 1. The second-order valence-corrected chi connectivity index (χ2v) is 3.71. The van der Waals surface area contributed by atoms with E-state index in [0.717, 1.165) is 4.90 Å². The van der Waals surface area contributed by atoms with Gasteiger partial charge in [-0.25, -0.2) is 4.39 Å². The van der Waals surface area contributed by atoms with Crippen molar-refractivity contribution in [1.82, 2.24) is 0 Å². The Labute approximate surface area is 74.2 Å². The molecule has 0 radical (unpaired) electrons. The Morgan fingerprint density at radius 1 is 1.50 bits per heavy atom. The normalized spacial score (nSPS) is 26.3. The minimum Gasteiger partial charge on any atom is -0.221 e. The summed E-state index contributed by atoms with van der Waals surface area (Å²) >= 11 is 1.40. The second-order valence-electron chi connectivity index (χ2n) is 2.70. The summed E-state index contributed by atoms with van der Waals surface area (Å²) in [4.78, 5) is 0.890.